The van der Waals surface area contributed by atoms with Crippen LogP contribution in [0.25, 0.3) is 0 Å². The number of aliphatic carboxylic acids is 2. The Hall–Kier alpha value is -3.42. The molecule has 14 heteroatoms. The number of hydrogen-bond acceptors (Lipinski definition) is 7. The van der Waals surface area contributed by atoms with Gasteiger partial charge in [-0.3, -0.25) is 24.2 Å². The van der Waals surface area contributed by atoms with E-state index >= 15 is 0 Å². The number of carbonyl (C=O) groups excluding carboxylic acids is 3. The van der Waals surface area contributed by atoms with E-state index in [0.717, 1.165) is 0 Å². The van der Waals surface area contributed by atoms with Gasteiger partial charge in [-0.1, -0.05) is 13.8 Å². The van der Waals surface area contributed by atoms with Gasteiger partial charge in [-0.05, 0) is 38.5 Å². The number of aliphatic imine (C=N–C) groups is 1. The number of amides is 3. The first-order chi connectivity index (χ1) is 15.7. The average molecular weight is 488 g/mol. The maximum absolute atomic E-state index is 12.9. The zero-order chi connectivity index (χ0) is 26.4. The molecule has 0 aliphatic carbocycles. The fourth-order valence-corrected chi connectivity index (χ4v) is 2.85. The molecule has 0 radical (unpaired) electrons. The summed E-state index contributed by atoms with van der Waals surface area (Å²) in [7, 11) is 0. The van der Waals surface area contributed by atoms with Gasteiger partial charge in [-0.15, -0.1) is 0 Å². The van der Waals surface area contributed by atoms with Crippen LogP contribution in [0, 0.1) is 5.92 Å². The molecule has 11 N–H and O–H groups in total. The zero-order valence-electron chi connectivity index (χ0n) is 19.7. The van der Waals surface area contributed by atoms with E-state index in [-0.39, 0.29) is 44.1 Å². The molecule has 0 aliphatic rings. The summed E-state index contributed by atoms with van der Waals surface area (Å²) in [6.45, 7) is 5.30. The Bertz CT molecular complexity index is 752. The van der Waals surface area contributed by atoms with Gasteiger partial charge >= 0.3 is 11.9 Å². The fraction of sp³-hybridized carbons (Fsp3) is 0.700. The highest BCUT2D eigenvalue weighted by Gasteiger charge is 2.30. The van der Waals surface area contributed by atoms with E-state index in [1.165, 1.54) is 6.92 Å². The van der Waals surface area contributed by atoms with Crippen LogP contribution in [0.2, 0.25) is 0 Å². The van der Waals surface area contributed by atoms with Crippen molar-refractivity contribution in [1.29, 1.82) is 0 Å². The topological polar surface area (TPSA) is 252 Å². The number of rotatable bonds is 16. The summed E-state index contributed by atoms with van der Waals surface area (Å²) in [5.41, 5.74) is 16.1. The lowest BCUT2D eigenvalue weighted by Crippen LogP contribution is -2.57. The van der Waals surface area contributed by atoms with Gasteiger partial charge in [-0.25, -0.2) is 4.79 Å². The van der Waals surface area contributed by atoms with Crippen molar-refractivity contribution >= 4 is 35.6 Å². The Kier molecular flexibility index (Phi) is 13.9. The van der Waals surface area contributed by atoms with E-state index < -0.39 is 60.2 Å². The zero-order valence-corrected chi connectivity index (χ0v) is 19.7. The van der Waals surface area contributed by atoms with E-state index in [0.29, 0.717) is 0 Å². The summed E-state index contributed by atoms with van der Waals surface area (Å²) in [6.07, 6.45) is -0.230. The number of nitrogens with one attached hydrogen (secondary N) is 3. The molecule has 0 aromatic carbocycles. The second-order valence-electron chi connectivity index (χ2n) is 8.32. The van der Waals surface area contributed by atoms with Gasteiger partial charge in [0.15, 0.2) is 5.96 Å². The molecule has 194 valence electrons. The molecule has 0 spiro atoms. The van der Waals surface area contributed by atoms with Crippen molar-refractivity contribution < 1.29 is 34.2 Å². The van der Waals surface area contributed by atoms with Crippen LogP contribution in [-0.2, 0) is 24.0 Å². The number of hydrogen-bond donors (Lipinski definition) is 8. The molecule has 4 atom stereocenters. The maximum Gasteiger partial charge on any atom is 0.326 e. The van der Waals surface area contributed by atoms with Gasteiger partial charge in [0.1, 0.15) is 18.1 Å². The Morgan fingerprint density at radius 1 is 0.824 bits per heavy atom. The number of carbonyl (C=O) groups is 5. The number of carboxylic acids is 2. The molecule has 0 aromatic rings. The summed E-state index contributed by atoms with van der Waals surface area (Å²) in [5, 5.41) is 25.4. The van der Waals surface area contributed by atoms with Crippen molar-refractivity contribution in [3.63, 3.8) is 0 Å². The third-order valence-electron chi connectivity index (χ3n) is 4.59. The lowest BCUT2D eigenvalue weighted by Gasteiger charge is -2.25. The first-order valence-corrected chi connectivity index (χ1v) is 10.9. The van der Waals surface area contributed by atoms with E-state index in [2.05, 4.69) is 20.9 Å². The molecule has 0 saturated heterocycles. The summed E-state index contributed by atoms with van der Waals surface area (Å²) in [5.74, 6) is -4.79. The molecule has 0 bridgehead atoms. The van der Waals surface area contributed by atoms with E-state index in [1.54, 1.807) is 0 Å². The minimum atomic E-state index is -1.47. The highest BCUT2D eigenvalue weighted by Crippen LogP contribution is 2.08. The predicted octanol–water partition coefficient (Wildman–Crippen LogP) is -2.16. The van der Waals surface area contributed by atoms with Crippen LogP contribution in [0.1, 0.15) is 52.9 Å². The van der Waals surface area contributed by atoms with Crippen LogP contribution in [0.15, 0.2) is 4.99 Å². The van der Waals surface area contributed by atoms with Gasteiger partial charge in [0.05, 0.1) is 6.04 Å². The Morgan fingerprint density at radius 2 is 1.35 bits per heavy atom. The Labute approximate surface area is 198 Å². The van der Waals surface area contributed by atoms with Crippen molar-refractivity contribution in [1.82, 2.24) is 16.0 Å². The molecule has 0 heterocycles. The lowest BCUT2D eigenvalue weighted by atomic mass is 10.0. The summed E-state index contributed by atoms with van der Waals surface area (Å²) >= 11 is 0. The quantitative estimate of drug-likeness (QED) is 0.0664. The van der Waals surface area contributed by atoms with Gasteiger partial charge < -0.3 is 43.4 Å². The van der Waals surface area contributed by atoms with Crippen molar-refractivity contribution in [2.24, 2.45) is 28.1 Å². The van der Waals surface area contributed by atoms with Crippen LogP contribution in [-0.4, -0.2) is 76.5 Å². The van der Waals surface area contributed by atoms with Crippen LogP contribution in [0.4, 0.5) is 0 Å². The Balaban J connectivity index is 5.56. The molecular weight excluding hydrogens is 450 g/mol. The largest absolute Gasteiger partial charge is 0.481 e. The van der Waals surface area contributed by atoms with Gasteiger partial charge in [0.2, 0.25) is 17.7 Å². The smallest absolute Gasteiger partial charge is 0.326 e. The van der Waals surface area contributed by atoms with Crippen LogP contribution < -0.4 is 33.2 Å². The predicted molar refractivity (Wildman–Crippen MR) is 123 cm³/mol. The van der Waals surface area contributed by atoms with E-state index in [4.69, 9.17) is 22.3 Å². The highest BCUT2D eigenvalue weighted by molar-refractivity contribution is 5.94. The molecule has 0 aromatic heterocycles. The fourth-order valence-electron chi connectivity index (χ4n) is 2.85. The minimum absolute atomic E-state index is 0.0192. The normalized spacial score (nSPS) is 14.3. The number of nitrogens with two attached hydrogens (primary N) is 3. The third kappa shape index (κ3) is 13.2. The molecule has 0 aliphatic heterocycles. The maximum atomic E-state index is 12.9. The van der Waals surface area contributed by atoms with Crippen LogP contribution >= 0.6 is 0 Å². The molecule has 4 unspecified atom stereocenters. The monoisotopic (exact) mass is 487 g/mol. The second-order valence-corrected chi connectivity index (χ2v) is 8.32. The van der Waals surface area contributed by atoms with Crippen LogP contribution in [0.3, 0.4) is 0 Å². The molecule has 0 saturated carbocycles. The van der Waals surface area contributed by atoms with Gasteiger partial charge in [-0.2, -0.15) is 0 Å². The van der Waals surface area contributed by atoms with Crippen LogP contribution in [0.5, 0.6) is 0 Å². The second kappa shape index (κ2) is 15.4. The van der Waals surface area contributed by atoms with Gasteiger partial charge in [0, 0.05) is 13.0 Å². The first kappa shape index (κ1) is 30.6. The Morgan fingerprint density at radius 3 is 1.82 bits per heavy atom. The number of carboxylic acid groups (broad SMARTS) is 2. The van der Waals surface area contributed by atoms with E-state index in [9.17, 15) is 29.1 Å². The lowest BCUT2D eigenvalue weighted by molar-refractivity contribution is -0.143. The standard InChI is InChI=1S/C20H37N7O7/c1-10(2)9-14(27-16(30)11(3)21)18(32)25-12(5-4-8-24-20(22)23)17(31)26-13(19(33)34)6-7-15(28)29/h10-14H,4-9,21H2,1-3H3,(H,25,32)(H,26,31)(H,27,30)(H,28,29)(H,33,34)(H4,22,23,24). The summed E-state index contributed by atoms with van der Waals surface area (Å²) in [6, 6.07) is -4.49. The average Bonchev–Trinajstić information content (AvgIpc) is 2.71. The SMILES string of the molecule is CC(C)CC(NC(=O)C(C)N)C(=O)NC(CCCN=C(N)N)C(=O)NC(CCC(=O)O)C(=O)O. The van der Waals surface area contributed by atoms with E-state index in [1.807, 2.05) is 13.8 Å². The molecular formula is C20H37N7O7. The summed E-state index contributed by atoms with van der Waals surface area (Å²) in [4.78, 5) is 63.8. The number of guanidine groups is 1. The third-order valence-corrected chi connectivity index (χ3v) is 4.59. The number of nitrogens with zero attached hydrogens (tertiary/aromatic N) is 1. The molecule has 14 nitrogen and oxygen atoms in total. The molecule has 0 fully saturated rings. The van der Waals surface area contributed by atoms with Crippen molar-refractivity contribution in [3.8, 4) is 0 Å². The highest BCUT2D eigenvalue weighted by atomic mass is 16.4. The van der Waals surface area contributed by atoms with Crippen molar-refractivity contribution in [2.75, 3.05) is 6.54 Å². The van der Waals surface area contributed by atoms with Crippen molar-refractivity contribution in [3.05, 3.63) is 0 Å². The minimum Gasteiger partial charge on any atom is -0.481 e. The molecule has 3 amide bonds. The van der Waals surface area contributed by atoms with Gasteiger partial charge in [0.25, 0.3) is 0 Å². The van der Waals surface area contributed by atoms with Crippen molar-refractivity contribution in [2.45, 2.75) is 77.0 Å². The molecule has 34 heavy (non-hydrogen) atoms. The summed E-state index contributed by atoms with van der Waals surface area (Å²) < 4.78 is 0. The molecule has 0 rings (SSSR count). The first-order valence-electron chi connectivity index (χ1n) is 10.9.